The third-order valence-corrected chi connectivity index (χ3v) is 4.40. The molecule has 2 aliphatic rings. The first-order chi connectivity index (χ1) is 11.8. The molecule has 0 saturated carbocycles. The SMILES string of the molecule is O=C(Nc1ccc(C2=CCNCC2)cc1)N1Cc2nccnc2C1. The Morgan fingerprint density at radius 2 is 1.79 bits per heavy atom. The third-order valence-electron chi connectivity index (χ3n) is 4.40. The molecule has 0 fully saturated rings. The Labute approximate surface area is 140 Å². The van der Waals surface area contributed by atoms with Gasteiger partial charge in [0, 0.05) is 24.6 Å². The average molecular weight is 321 g/mol. The number of fused-ring (bicyclic) bond motifs is 1. The van der Waals surface area contributed by atoms with Gasteiger partial charge in [0.05, 0.1) is 24.5 Å². The minimum absolute atomic E-state index is 0.122. The third kappa shape index (κ3) is 3.00. The topological polar surface area (TPSA) is 70.2 Å². The number of rotatable bonds is 2. The van der Waals surface area contributed by atoms with Crippen LogP contribution in [0.3, 0.4) is 0 Å². The van der Waals surface area contributed by atoms with E-state index < -0.39 is 0 Å². The van der Waals surface area contributed by atoms with Crippen molar-refractivity contribution in [3.8, 4) is 0 Å². The van der Waals surface area contributed by atoms with Crippen molar-refractivity contribution in [1.29, 1.82) is 0 Å². The van der Waals surface area contributed by atoms with Crippen LogP contribution in [0.15, 0.2) is 42.7 Å². The van der Waals surface area contributed by atoms with E-state index in [0.717, 1.165) is 36.6 Å². The number of anilines is 1. The van der Waals surface area contributed by atoms with E-state index in [2.05, 4.69) is 38.8 Å². The lowest BCUT2D eigenvalue weighted by Gasteiger charge is -2.17. The molecule has 2 aliphatic heterocycles. The summed E-state index contributed by atoms with van der Waals surface area (Å²) < 4.78 is 0. The average Bonchev–Trinajstić information content (AvgIpc) is 3.07. The van der Waals surface area contributed by atoms with Crippen LogP contribution in [0, 0.1) is 0 Å². The van der Waals surface area contributed by atoms with Crippen molar-refractivity contribution in [3.63, 3.8) is 0 Å². The van der Waals surface area contributed by atoms with Crippen LogP contribution in [-0.2, 0) is 13.1 Å². The largest absolute Gasteiger partial charge is 0.322 e. The summed E-state index contributed by atoms with van der Waals surface area (Å²) in [6.45, 7) is 2.95. The highest BCUT2D eigenvalue weighted by Gasteiger charge is 2.25. The predicted octanol–water partition coefficient (Wildman–Crippen LogP) is 2.40. The Bertz CT molecular complexity index is 759. The first-order valence-corrected chi connectivity index (χ1v) is 8.14. The van der Waals surface area contributed by atoms with Gasteiger partial charge in [-0.3, -0.25) is 9.97 Å². The number of nitrogens with zero attached hydrogens (tertiary/aromatic N) is 3. The molecule has 1 aromatic heterocycles. The molecule has 0 aliphatic carbocycles. The number of urea groups is 1. The highest BCUT2D eigenvalue weighted by Crippen LogP contribution is 2.23. The molecule has 2 amide bonds. The van der Waals surface area contributed by atoms with Crippen molar-refractivity contribution in [3.05, 3.63) is 59.7 Å². The van der Waals surface area contributed by atoms with Gasteiger partial charge in [0.15, 0.2) is 0 Å². The standard InChI is InChI=1S/C18H19N5O/c24-18(23-11-16-17(12-23)21-10-9-20-16)22-15-3-1-13(2-4-15)14-5-7-19-8-6-14/h1-5,9-10,19H,6-8,11-12H2,(H,22,24). The maximum absolute atomic E-state index is 12.4. The van der Waals surface area contributed by atoms with Crippen molar-refractivity contribution < 1.29 is 4.79 Å². The van der Waals surface area contributed by atoms with Crippen LogP contribution in [-0.4, -0.2) is 34.0 Å². The van der Waals surface area contributed by atoms with E-state index in [-0.39, 0.29) is 6.03 Å². The van der Waals surface area contributed by atoms with Gasteiger partial charge in [-0.05, 0) is 36.2 Å². The number of benzene rings is 1. The maximum Gasteiger partial charge on any atom is 0.322 e. The molecule has 4 rings (SSSR count). The van der Waals surface area contributed by atoms with Gasteiger partial charge in [0.1, 0.15) is 0 Å². The second-order valence-corrected chi connectivity index (χ2v) is 6.00. The second-order valence-electron chi connectivity index (χ2n) is 6.00. The van der Waals surface area contributed by atoms with Gasteiger partial charge in [-0.25, -0.2) is 4.79 Å². The highest BCUT2D eigenvalue weighted by molar-refractivity contribution is 5.89. The van der Waals surface area contributed by atoms with Crippen molar-refractivity contribution in [2.24, 2.45) is 0 Å². The minimum atomic E-state index is -0.122. The molecule has 0 saturated heterocycles. The fourth-order valence-corrected chi connectivity index (χ4v) is 3.08. The molecule has 0 spiro atoms. The molecule has 2 aromatic rings. The number of amides is 2. The molecule has 2 N–H and O–H groups in total. The van der Waals surface area contributed by atoms with E-state index >= 15 is 0 Å². The lowest BCUT2D eigenvalue weighted by atomic mass is 10.0. The molecule has 3 heterocycles. The van der Waals surface area contributed by atoms with Gasteiger partial charge >= 0.3 is 6.03 Å². The first-order valence-electron chi connectivity index (χ1n) is 8.14. The Morgan fingerprint density at radius 1 is 1.08 bits per heavy atom. The highest BCUT2D eigenvalue weighted by atomic mass is 16.2. The fourth-order valence-electron chi connectivity index (χ4n) is 3.08. The lowest BCUT2D eigenvalue weighted by molar-refractivity contribution is 0.212. The quantitative estimate of drug-likeness (QED) is 0.891. The van der Waals surface area contributed by atoms with Crippen LogP contribution in [0.2, 0.25) is 0 Å². The molecule has 0 atom stereocenters. The van der Waals surface area contributed by atoms with Crippen LogP contribution in [0.1, 0.15) is 23.4 Å². The predicted molar refractivity (Wildman–Crippen MR) is 92.2 cm³/mol. The van der Waals surface area contributed by atoms with Crippen molar-refractivity contribution >= 4 is 17.3 Å². The number of hydrogen-bond donors (Lipinski definition) is 2. The fraction of sp³-hybridized carbons (Fsp3) is 0.278. The summed E-state index contributed by atoms with van der Waals surface area (Å²) in [5.74, 6) is 0. The lowest BCUT2D eigenvalue weighted by Crippen LogP contribution is -2.30. The Balaban J connectivity index is 1.41. The summed E-state index contributed by atoms with van der Waals surface area (Å²) in [7, 11) is 0. The first kappa shape index (κ1) is 14.8. The van der Waals surface area contributed by atoms with Crippen LogP contribution >= 0.6 is 0 Å². The van der Waals surface area contributed by atoms with Crippen LogP contribution in [0.5, 0.6) is 0 Å². The molecule has 1 aromatic carbocycles. The van der Waals surface area contributed by atoms with Gasteiger partial charge in [0.25, 0.3) is 0 Å². The summed E-state index contributed by atoms with van der Waals surface area (Å²) in [4.78, 5) is 22.7. The van der Waals surface area contributed by atoms with Gasteiger partial charge in [-0.1, -0.05) is 18.2 Å². The minimum Gasteiger partial charge on any atom is -0.313 e. The van der Waals surface area contributed by atoms with Gasteiger partial charge in [-0.15, -0.1) is 0 Å². The van der Waals surface area contributed by atoms with Crippen LogP contribution in [0.25, 0.3) is 5.57 Å². The Kier molecular flexibility index (Phi) is 3.96. The van der Waals surface area contributed by atoms with E-state index in [1.165, 1.54) is 11.1 Å². The Morgan fingerprint density at radius 3 is 2.42 bits per heavy atom. The smallest absolute Gasteiger partial charge is 0.313 e. The van der Waals surface area contributed by atoms with E-state index in [0.29, 0.717) is 13.1 Å². The van der Waals surface area contributed by atoms with Crippen LogP contribution < -0.4 is 10.6 Å². The van der Waals surface area contributed by atoms with Gasteiger partial charge in [0.2, 0.25) is 0 Å². The second kappa shape index (κ2) is 6.41. The normalized spacial score (nSPS) is 16.5. The maximum atomic E-state index is 12.4. The zero-order chi connectivity index (χ0) is 16.4. The van der Waals surface area contributed by atoms with Crippen molar-refractivity contribution in [2.75, 3.05) is 18.4 Å². The summed E-state index contributed by atoms with van der Waals surface area (Å²) in [6, 6.07) is 7.91. The molecule has 0 radical (unpaired) electrons. The van der Waals surface area contributed by atoms with Crippen LogP contribution in [0.4, 0.5) is 10.5 Å². The molecular formula is C18H19N5O. The molecule has 122 valence electrons. The number of carbonyl (C=O) groups is 1. The molecular weight excluding hydrogens is 302 g/mol. The van der Waals surface area contributed by atoms with E-state index in [4.69, 9.17) is 0 Å². The summed E-state index contributed by atoms with van der Waals surface area (Å²) >= 11 is 0. The monoisotopic (exact) mass is 321 g/mol. The van der Waals surface area contributed by atoms with Gasteiger partial charge < -0.3 is 15.5 Å². The zero-order valence-electron chi connectivity index (χ0n) is 13.3. The number of aromatic nitrogens is 2. The van der Waals surface area contributed by atoms with E-state index in [1.807, 2.05) is 12.1 Å². The van der Waals surface area contributed by atoms with Gasteiger partial charge in [-0.2, -0.15) is 0 Å². The molecule has 0 unspecified atom stereocenters. The molecule has 6 heteroatoms. The summed E-state index contributed by atoms with van der Waals surface area (Å²) in [5.41, 5.74) is 5.13. The number of hydrogen-bond acceptors (Lipinski definition) is 4. The molecule has 6 nitrogen and oxygen atoms in total. The van der Waals surface area contributed by atoms with Crippen molar-refractivity contribution in [1.82, 2.24) is 20.2 Å². The van der Waals surface area contributed by atoms with E-state index in [9.17, 15) is 4.79 Å². The number of carbonyl (C=O) groups excluding carboxylic acids is 1. The zero-order valence-corrected chi connectivity index (χ0v) is 13.3. The molecule has 0 bridgehead atoms. The summed E-state index contributed by atoms with van der Waals surface area (Å²) in [5, 5.41) is 6.26. The van der Waals surface area contributed by atoms with E-state index in [1.54, 1.807) is 17.3 Å². The number of nitrogens with one attached hydrogen (secondary N) is 2. The summed E-state index contributed by atoms with van der Waals surface area (Å²) in [6.07, 6.45) is 6.58. The van der Waals surface area contributed by atoms with Crippen molar-refractivity contribution in [2.45, 2.75) is 19.5 Å². The Hall–Kier alpha value is -2.73. The molecule has 24 heavy (non-hydrogen) atoms.